The van der Waals surface area contributed by atoms with Crippen LogP contribution in [0.25, 0.3) is 0 Å². The summed E-state index contributed by atoms with van der Waals surface area (Å²) in [5, 5.41) is 12.7. The fraction of sp³-hybridized carbons (Fsp3) is 0.647. The Morgan fingerprint density at radius 1 is 1.42 bits per heavy atom. The minimum Gasteiger partial charge on any atom is -0.488 e. The molecule has 2 unspecified atom stereocenters. The summed E-state index contributed by atoms with van der Waals surface area (Å²) >= 11 is 0. The molecule has 24 heavy (non-hydrogen) atoms. The smallest absolute Gasteiger partial charge is 0.272 e. The first-order valence-electron chi connectivity index (χ1n) is 8.39. The first-order valence-corrected chi connectivity index (χ1v) is 8.39. The first-order chi connectivity index (χ1) is 11.6. The molecule has 0 aromatic carbocycles. The van der Waals surface area contributed by atoms with Crippen molar-refractivity contribution in [3.63, 3.8) is 0 Å². The van der Waals surface area contributed by atoms with E-state index >= 15 is 0 Å². The van der Waals surface area contributed by atoms with Crippen LogP contribution in [0, 0.1) is 5.92 Å². The van der Waals surface area contributed by atoms with E-state index in [0.29, 0.717) is 12.5 Å². The largest absolute Gasteiger partial charge is 0.488 e. The number of hydrogen-bond acceptors (Lipinski definition) is 4. The number of halogens is 2. The molecule has 0 radical (unpaired) electrons. The van der Waals surface area contributed by atoms with Crippen molar-refractivity contribution in [3.8, 4) is 5.75 Å². The molecule has 1 aromatic rings. The van der Waals surface area contributed by atoms with E-state index in [1.165, 1.54) is 18.3 Å². The molecule has 0 saturated heterocycles. The van der Waals surface area contributed by atoms with Crippen molar-refractivity contribution in [1.82, 2.24) is 10.3 Å². The van der Waals surface area contributed by atoms with Gasteiger partial charge >= 0.3 is 0 Å². The predicted molar refractivity (Wildman–Crippen MR) is 85.3 cm³/mol. The molecule has 1 fully saturated rings. The van der Waals surface area contributed by atoms with Crippen LogP contribution >= 0.6 is 0 Å². The molecule has 2 N–H and O–H groups in total. The maximum atomic E-state index is 12.1. The fourth-order valence-electron chi connectivity index (χ4n) is 2.97. The topological polar surface area (TPSA) is 71.5 Å². The lowest BCUT2D eigenvalue weighted by atomic mass is 9.83. The second-order valence-electron chi connectivity index (χ2n) is 6.09. The normalized spacial score (nSPS) is 20.8. The number of ether oxygens (including phenoxy) is 1. The lowest BCUT2D eigenvalue weighted by molar-refractivity contribution is 0.0641. The van der Waals surface area contributed by atoms with Crippen molar-refractivity contribution in [2.24, 2.45) is 5.92 Å². The second-order valence-corrected chi connectivity index (χ2v) is 6.09. The molecule has 1 aromatic heterocycles. The molecular weight excluding hydrogens is 318 g/mol. The molecule has 1 aliphatic rings. The van der Waals surface area contributed by atoms with Crippen molar-refractivity contribution in [1.29, 1.82) is 0 Å². The Morgan fingerprint density at radius 3 is 2.96 bits per heavy atom. The summed E-state index contributed by atoms with van der Waals surface area (Å²) < 4.78 is 29.1. The van der Waals surface area contributed by atoms with Crippen molar-refractivity contribution in [2.45, 2.75) is 51.1 Å². The summed E-state index contributed by atoms with van der Waals surface area (Å²) in [4.78, 5) is 16.0. The van der Waals surface area contributed by atoms with Crippen LogP contribution in [-0.2, 0) is 0 Å². The number of rotatable bonds is 8. The molecule has 0 spiro atoms. The molecule has 2 rings (SSSR count). The Hall–Kier alpha value is -1.76. The highest BCUT2D eigenvalue weighted by atomic mass is 19.3. The predicted octanol–water partition coefficient (Wildman–Crippen LogP) is 2.79. The van der Waals surface area contributed by atoms with E-state index in [4.69, 9.17) is 4.74 Å². The number of amides is 1. The molecule has 1 heterocycles. The van der Waals surface area contributed by atoms with Crippen LogP contribution in [0.2, 0.25) is 0 Å². The van der Waals surface area contributed by atoms with E-state index in [1.54, 1.807) is 0 Å². The number of nitrogens with zero attached hydrogens (tertiary/aromatic N) is 1. The molecule has 134 valence electrons. The molecule has 5 nitrogen and oxygen atoms in total. The van der Waals surface area contributed by atoms with E-state index in [-0.39, 0.29) is 23.5 Å². The molecule has 7 heteroatoms. The molecule has 1 aliphatic carbocycles. The zero-order chi connectivity index (χ0) is 17.4. The third-order valence-corrected chi connectivity index (χ3v) is 4.25. The Balaban J connectivity index is 1.73. The zero-order valence-electron chi connectivity index (χ0n) is 13.6. The number of carbonyl (C=O) groups is 1. The van der Waals surface area contributed by atoms with Crippen LogP contribution in [0.5, 0.6) is 5.75 Å². The van der Waals surface area contributed by atoms with Gasteiger partial charge in [-0.2, -0.15) is 0 Å². The highest BCUT2D eigenvalue weighted by molar-refractivity contribution is 5.92. The van der Waals surface area contributed by atoms with Crippen LogP contribution < -0.4 is 10.1 Å². The summed E-state index contributed by atoms with van der Waals surface area (Å²) in [6, 6.07) is 2.78. The maximum Gasteiger partial charge on any atom is 0.272 e. The summed E-state index contributed by atoms with van der Waals surface area (Å²) in [6.07, 6.45) is 4.39. The van der Waals surface area contributed by atoms with E-state index in [2.05, 4.69) is 10.3 Å². The number of aromatic nitrogens is 1. The summed E-state index contributed by atoms with van der Waals surface area (Å²) in [6.45, 7) is -0.222. The first kappa shape index (κ1) is 18.6. The maximum absolute atomic E-state index is 12.1. The fourth-order valence-corrected chi connectivity index (χ4v) is 2.97. The second kappa shape index (κ2) is 9.52. The van der Waals surface area contributed by atoms with Crippen molar-refractivity contribution < 1.29 is 23.4 Å². The van der Waals surface area contributed by atoms with Gasteiger partial charge in [0.05, 0.1) is 6.10 Å². The van der Waals surface area contributed by atoms with Crippen molar-refractivity contribution >= 4 is 5.91 Å². The van der Waals surface area contributed by atoms with Crippen molar-refractivity contribution in [2.75, 3.05) is 13.2 Å². The van der Waals surface area contributed by atoms with Gasteiger partial charge in [0.15, 0.2) is 0 Å². The summed E-state index contributed by atoms with van der Waals surface area (Å²) in [5.74, 6) is 0.155. The number of nitrogens with one attached hydrogen (secondary N) is 1. The number of aliphatic hydroxyl groups excluding tert-OH is 1. The van der Waals surface area contributed by atoms with Gasteiger partial charge in [-0.3, -0.25) is 9.78 Å². The van der Waals surface area contributed by atoms with E-state index in [1.807, 2.05) is 0 Å². The SMILES string of the molecule is O=C(NCCCC1CCCCC1O)c1cc(OCC(F)F)ccn1. The highest BCUT2D eigenvalue weighted by Crippen LogP contribution is 2.27. The quantitative estimate of drug-likeness (QED) is 0.713. The monoisotopic (exact) mass is 342 g/mol. The van der Waals surface area contributed by atoms with Gasteiger partial charge in [0, 0.05) is 18.8 Å². The van der Waals surface area contributed by atoms with Gasteiger partial charge in [-0.15, -0.1) is 0 Å². The summed E-state index contributed by atoms with van der Waals surface area (Å²) in [5.41, 5.74) is 0.138. The Labute approximate surface area is 140 Å². The third kappa shape index (κ3) is 6.03. The average molecular weight is 342 g/mol. The van der Waals surface area contributed by atoms with Crippen LogP contribution in [-0.4, -0.2) is 41.7 Å². The number of hydrogen-bond donors (Lipinski definition) is 2. The zero-order valence-corrected chi connectivity index (χ0v) is 13.6. The van der Waals surface area contributed by atoms with E-state index in [9.17, 15) is 18.7 Å². The van der Waals surface area contributed by atoms with Crippen LogP contribution in [0.15, 0.2) is 18.3 Å². The highest BCUT2D eigenvalue weighted by Gasteiger charge is 2.22. The van der Waals surface area contributed by atoms with Gasteiger partial charge in [-0.25, -0.2) is 8.78 Å². The lowest BCUT2D eigenvalue weighted by Crippen LogP contribution is -2.28. The van der Waals surface area contributed by atoms with Crippen LogP contribution in [0.4, 0.5) is 8.78 Å². The van der Waals surface area contributed by atoms with Gasteiger partial charge in [-0.1, -0.05) is 12.8 Å². The molecule has 2 atom stereocenters. The molecule has 0 aliphatic heterocycles. The van der Waals surface area contributed by atoms with Gasteiger partial charge in [0.1, 0.15) is 18.1 Å². The minimum absolute atomic E-state index is 0.138. The number of aliphatic hydroxyl groups is 1. The molecule has 1 amide bonds. The van der Waals surface area contributed by atoms with E-state index < -0.39 is 13.0 Å². The Bertz CT molecular complexity index is 528. The molecule has 1 saturated carbocycles. The van der Waals surface area contributed by atoms with Gasteiger partial charge in [0.25, 0.3) is 12.3 Å². The van der Waals surface area contributed by atoms with E-state index in [0.717, 1.165) is 38.5 Å². The minimum atomic E-state index is -2.56. The van der Waals surface area contributed by atoms with Gasteiger partial charge in [0.2, 0.25) is 0 Å². The number of pyridine rings is 1. The summed E-state index contributed by atoms with van der Waals surface area (Å²) in [7, 11) is 0. The number of carbonyl (C=O) groups excluding carboxylic acids is 1. The molecule has 0 bridgehead atoms. The van der Waals surface area contributed by atoms with Crippen LogP contribution in [0.1, 0.15) is 49.0 Å². The third-order valence-electron chi connectivity index (χ3n) is 4.25. The van der Waals surface area contributed by atoms with Gasteiger partial charge in [-0.05, 0) is 37.7 Å². The van der Waals surface area contributed by atoms with Crippen molar-refractivity contribution in [3.05, 3.63) is 24.0 Å². The standard InChI is InChI=1S/C17H24F2N2O3/c18-16(19)11-24-13-7-9-20-14(10-13)17(23)21-8-3-5-12-4-1-2-6-15(12)22/h7,9-10,12,15-16,22H,1-6,8,11H2,(H,21,23). The lowest BCUT2D eigenvalue weighted by Gasteiger charge is -2.27. The Kier molecular flexibility index (Phi) is 7.36. The number of alkyl halides is 2. The van der Waals surface area contributed by atoms with Crippen LogP contribution in [0.3, 0.4) is 0 Å². The average Bonchev–Trinajstić information content (AvgIpc) is 2.58. The van der Waals surface area contributed by atoms with Gasteiger partial charge < -0.3 is 15.2 Å². The Morgan fingerprint density at radius 2 is 2.21 bits per heavy atom. The molecular formula is C17H24F2N2O3.